The third kappa shape index (κ3) is 9.43. The molecular formula is C27H41FN8O5. The maximum Gasteiger partial charge on any atom is 0.247 e. The van der Waals surface area contributed by atoms with E-state index >= 15 is 0 Å². The van der Waals surface area contributed by atoms with E-state index in [-0.39, 0.29) is 43.9 Å². The number of aliphatic imine (C=N–C) groups is 1. The Hall–Kier alpha value is -4.23. The first-order valence-electron chi connectivity index (χ1n) is 13.6. The Kier molecular flexibility index (Phi) is 12.0. The van der Waals surface area contributed by atoms with E-state index in [1.807, 2.05) is 0 Å². The van der Waals surface area contributed by atoms with Gasteiger partial charge in [-0.05, 0) is 38.7 Å². The molecule has 1 aromatic rings. The van der Waals surface area contributed by atoms with Crippen LogP contribution in [-0.4, -0.2) is 66.2 Å². The minimum absolute atomic E-state index is 0.0686. The van der Waals surface area contributed by atoms with Crippen LogP contribution >= 0.6 is 0 Å². The Bertz CT molecular complexity index is 1160. The van der Waals surface area contributed by atoms with Gasteiger partial charge in [-0.3, -0.25) is 29.0 Å². The molecule has 1 aromatic carbocycles. The van der Waals surface area contributed by atoms with Crippen LogP contribution in [0, 0.1) is 11.7 Å². The van der Waals surface area contributed by atoms with Crippen LogP contribution in [0.15, 0.2) is 29.3 Å². The molecule has 1 fully saturated rings. The molecule has 1 saturated heterocycles. The molecule has 0 aromatic heterocycles. The molecule has 9 N–H and O–H groups in total. The van der Waals surface area contributed by atoms with Gasteiger partial charge in [-0.1, -0.05) is 39.0 Å². The fraction of sp³-hybridized carbons (Fsp3) is 0.556. The first kappa shape index (κ1) is 33.0. The molecule has 0 radical (unpaired) electrons. The molecule has 0 unspecified atom stereocenters. The van der Waals surface area contributed by atoms with Crippen LogP contribution in [0.5, 0.6) is 0 Å². The fourth-order valence-corrected chi connectivity index (χ4v) is 4.14. The van der Waals surface area contributed by atoms with Crippen molar-refractivity contribution >= 4 is 35.5 Å². The van der Waals surface area contributed by atoms with Crippen molar-refractivity contribution in [3.05, 3.63) is 35.6 Å². The Labute approximate surface area is 238 Å². The van der Waals surface area contributed by atoms with Crippen LogP contribution in [0.3, 0.4) is 0 Å². The number of nitrogens with two attached hydrogens (primary N) is 2. The van der Waals surface area contributed by atoms with Gasteiger partial charge in [-0.2, -0.15) is 0 Å². The summed E-state index contributed by atoms with van der Waals surface area (Å²) in [5, 5.41) is 13.2. The average Bonchev–Trinajstić information content (AvgIpc) is 2.91. The lowest BCUT2D eigenvalue weighted by Gasteiger charge is -2.33. The zero-order valence-corrected chi connectivity index (χ0v) is 23.9. The molecule has 41 heavy (non-hydrogen) atoms. The summed E-state index contributed by atoms with van der Waals surface area (Å²) in [5.41, 5.74) is 9.15. The molecular weight excluding hydrogens is 535 g/mol. The van der Waals surface area contributed by atoms with E-state index in [1.54, 1.807) is 20.8 Å². The number of nitrogens with one attached hydrogen (secondary N) is 5. The van der Waals surface area contributed by atoms with Crippen LogP contribution in [0.2, 0.25) is 0 Å². The second-order valence-corrected chi connectivity index (χ2v) is 10.4. The highest BCUT2D eigenvalue weighted by Gasteiger charge is 2.39. The van der Waals surface area contributed by atoms with Crippen molar-refractivity contribution in [1.29, 1.82) is 0 Å². The lowest BCUT2D eigenvalue weighted by atomic mass is 9.93. The summed E-state index contributed by atoms with van der Waals surface area (Å²) in [6.07, 6.45) is 0.510. The quantitative estimate of drug-likeness (QED) is 0.122. The summed E-state index contributed by atoms with van der Waals surface area (Å²) in [6.45, 7) is 6.54. The predicted molar refractivity (Wildman–Crippen MR) is 150 cm³/mol. The van der Waals surface area contributed by atoms with Crippen LogP contribution < -0.4 is 38.1 Å². The average molecular weight is 577 g/mol. The zero-order valence-electron chi connectivity index (χ0n) is 23.9. The monoisotopic (exact) mass is 576 g/mol. The molecule has 1 aliphatic heterocycles. The van der Waals surface area contributed by atoms with Crippen molar-refractivity contribution in [1.82, 2.24) is 26.6 Å². The van der Waals surface area contributed by atoms with Crippen molar-refractivity contribution < 1.29 is 28.4 Å². The minimum atomic E-state index is -1.53. The van der Waals surface area contributed by atoms with E-state index in [1.165, 1.54) is 25.1 Å². The number of hydrogen-bond acceptors (Lipinski definition) is 6. The third-order valence-corrected chi connectivity index (χ3v) is 6.72. The van der Waals surface area contributed by atoms with Crippen LogP contribution in [0.4, 0.5) is 4.39 Å². The molecule has 0 saturated carbocycles. The van der Waals surface area contributed by atoms with Crippen molar-refractivity contribution in [2.24, 2.45) is 22.4 Å². The highest BCUT2D eigenvalue weighted by molar-refractivity contribution is 5.97. The summed E-state index contributed by atoms with van der Waals surface area (Å²) >= 11 is 0. The van der Waals surface area contributed by atoms with Gasteiger partial charge in [-0.15, -0.1) is 0 Å². The van der Waals surface area contributed by atoms with Crippen molar-refractivity contribution in [2.45, 2.75) is 77.0 Å². The van der Waals surface area contributed by atoms with Gasteiger partial charge >= 0.3 is 0 Å². The lowest BCUT2D eigenvalue weighted by molar-refractivity contribution is -0.138. The molecule has 5 amide bonds. The maximum atomic E-state index is 14.7. The molecule has 13 nitrogen and oxygen atoms in total. The molecule has 0 bridgehead atoms. The fourth-order valence-electron chi connectivity index (χ4n) is 4.14. The number of benzene rings is 1. The Morgan fingerprint density at radius 3 is 2.34 bits per heavy atom. The van der Waals surface area contributed by atoms with Gasteiger partial charge < -0.3 is 38.1 Å². The van der Waals surface area contributed by atoms with E-state index in [9.17, 15) is 28.4 Å². The van der Waals surface area contributed by atoms with Crippen LogP contribution in [-0.2, 0) is 24.0 Å². The summed E-state index contributed by atoms with van der Waals surface area (Å²) in [4.78, 5) is 69.9. The van der Waals surface area contributed by atoms with Crippen molar-refractivity contribution in [3.63, 3.8) is 0 Å². The second kappa shape index (κ2) is 15.0. The number of rotatable bonds is 8. The summed E-state index contributed by atoms with van der Waals surface area (Å²) < 4.78 is 14.7. The summed E-state index contributed by atoms with van der Waals surface area (Å²) in [5.74, 6) is -4.45. The molecule has 0 spiro atoms. The van der Waals surface area contributed by atoms with Crippen LogP contribution in [0.25, 0.3) is 0 Å². The number of guanidine groups is 1. The molecule has 1 aliphatic rings. The van der Waals surface area contributed by atoms with Gasteiger partial charge in [0, 0.05) is 24.6 Å². The highest BCUT2D eigenvalue weighted by Crippen LogP contribution is 2.19. The first-order valence-corrected chi connectivity index (χ1v) is 13.6. The van der Waals surface area contributed by atoms with Gasteiger partial charge in [-0.25, -0.2) is 4.39 Å². The Morgan fingerprint density at radius 1 is 1.07 bits per heavy atom. The first-order chi connectivity index (χ1) is 19.3. The lowest BCUT2D eigenvalue weighted by Crippen LogP contribution is -2.63. The second-order valence-electron chi connectivity index (χ2n) is 10.4. The number of nitrogens with zero attached hydrogens (tertiary/aromatic N) is 1. The molecule has 14 heteroatoms. The van der Waals surface area contributed by atoms with Gasteiger partial charge in [0.05, 0.1) is 0 Å². The van der Waals surface area contributed by atoms with Crippen molar-refractivity contribution in [2.75, 3.05) is 13.1 Å². The largest absolute Gasteiger partial charge is 0.370 e. The molecule has 226 valence electrons. The van der Waals surface area contributed by atoms with E-state index in [2.05, 4.69) is 31.6 Å². The van der Waals surface area contributed by atoms with Crippen molar-refractivity contribution in [3.8, 4) is 0 Å². The Balaban J connectivity index is 2.49. The normalized spacial score (nSPS) is 24.3. The number of carbonyl (C=O) groups is 5. The topological polar surface area (TPSA) is 210 Å². The van der Waals surface area contributed by atoms with Crippen LogP contribution in [0.1, 0.15) is 65.0 Å². The molecule has 0 aliphatic carbocycles. The van der Waals surface area contributed by atoms with Gasteiger partial charge in [0.25, 0.3) is 0 Å². The highest BCUT2D eigenvalue weighted by atomic mass is 19.1. The van der Waals surface area contributed by atoms with Gasteiger partial charge in [0.2, 0.25) is 29.5 Å². The molecule has 1 heterocycles. The molecule has 4 atom stereocenters. The number of halogens is 1. The molecule has 2 rings (SSSR count). The van der Waals surface area contributed by atoms with E-state index in [4.69, 9.17) is 11.5 Å². The standard InChI is InChI=1S/C27H41FN8O5/c1-5-18-22(38)35-20(16-9-6-7-10-17(16)28)24(40)31-14-12-27(4,36-21(37)15(2)3)25(41)34-19(23(39)33-18)11-8-13-32-26(29)30/h6-7,9-10,15,18-20H,5,8,11-14H2,1-4H3,(H,31,40)(H,33,39)(H,34,41)(H,35,38)(H,36,37)(H4,29,30,32)/t18-,19-,20+,27+/m0/s1. The number of carbonyl (C=O) groups excluding carboxylic acids is 5. The summed E-state index contributed by atoms with van der Waals surface area (Å²) in [7, 11) is 0. The van der Waals surface area contributed by atoms with Gasteiger partial charge in [0.1, 0.15) is 29.5 Å². The smallest absolute Gasteiger partial charge is 0.247 e. The van der Waals surface area contributed by atoms with Gasteiger partial charge in [0.15, 0.2) is 5.96 Å². The maximum absolute atomic E-state index is 14.7. The Morgan fingerprint density at radius 2 is 1.73 bits per heavy atom. The van der Waals surface area contributed by atoms with E-state index in [0.717, 1.165) is 6.07 Å². The van der Waals surface area contributed by atoms with E-state index in [0.29, 0.717) is 6.42 Å². The van der Waals surface area contributed by atoms with E-state index < -0.39 is 64.9 Å². The zero-order chi connectivity index (χ0) is 30.7. The predicted octanol–water partition coefficient (Wildman–Crippen LogP) is -0.533. The number of hydrogen-bond donors (Lipinski definition) is 7. The summed E-state index contributed by atoms with van der Waals surface area (Å²) in [6, 6.07) is 1.89. The SMILES string of the molecule is CC[C@@H]1NC(=O)[C@H](CCCN=C(N)N)NC(=O)[C@](C)(NC(=O)C(C)C)CCNC(=O)[C@@H](c2ccccc2F)NC1=O. The minimum Gasteiger partial charge on any atom is -0.370 e. The number of amides is 5. The third-order valence-electron chi connectivity index (χ3n) is 6.72.